The van der Waals surface area contributed by atoms with E-state index in [9.17, 15) is 4.79 Å². The largest absolute Gasteiger partial charge is 0.346 e. The third kappa shape index (κ3) is 3.87. The molecule has 0 saturated carbocycles. The summed E-state index contributed by atoms with van der Waals surface area (Å²) in [6.07, 6.45) is 3.47. The molecule has 1 N–H and O–H groups in total. The Labute approximate surface area is 149 Å². The van der Waals surface area contributed by atoms with Crippen LogP contribution in [0, 0.1) is 0 Å². The van der Waals surface area contributed by atoms with Crippen molar-refractivity contribution in [3.8, 4) is 0 Å². The SMILES string of the molecule is C[C@@H](NC(=O)c1ccc2cc(C(C)(C)C)ccc2c1)c1ccncc1. The minimum Gasteiger partial charge on any atom is -0.346 e. The van der Waals surface area contributed by atoms with E-state index < -0.39 is 0 Å². The van der Waals surface area contributed by atoms with Crippen molar-refractivity contribution in [2.75, 3.05) is 0 Å². The monoisotopic (exact) mass is 332 g/mol. The summed E-state index contributed by atoms with van der Waals surface area (Å²) in [5.74, 6) is -0.0638. The van der Waals surface area contributed by atoms with E-state index in [2.05, 4.69) is 49.3 Å². The lowest BCUT2D eigenvalue weighted by Gasteiger charge is -2.19. The van der Waals surface area contributed by atoms with Gasteiger partial charge in [-0.25, -0.2) is 0 Å². The zero-order valence-electron chi connectivity index (χ0n) is 15.2. The Balaban J connectivity index is 1.82. The second-order valence-electron chi connectivity index (χ2n) is 7.50. The van der Waals surface area contributed by atoms with Gasteiger partial charge in [-0.2, -0.15) is 0 Å². The average molecular weight is 332 g/mol. The fraction of sp³-hybridized carbons (Fsp3) is 0.273. The molecular formula is C22H24N2O. The van der Waals surface area contributed by atoms with Gasteiger partial charge >= 0.3 is 0 Å². The van der Waals surface area contributed by atoms with E-state index in [4.69, 9.17) is 0 Å². The fourth-order valence-electron chi connectivity index (χ4n) is 2.87. The molecule has 0 radical (unpaired) electrons. The van der Waals surface area contributed by atoms with Crippen LogP contribution in [0.1, 0.15) is 55.2 Å². The number of nitrogens with one attached hydrogen (secondary N) is 1. The normalized spacial score (nSPS) is 12.8. The second kappa shape index (κ2) is 6.67. The highest BCUT2D eigenvalue weighted by molar-refractivity contribution is 5.98. The van der Waals surface area contributed by atoms with Crippen molar-refractivity contribution in [2.45, 2.75) is 39.2 Å². The van der Waals surface area contributed by atoms with Crippen molar-refractivity contribution in [1.82, 2.24) is 10.3 Å². The molecule has 1 heterocycles. The molecule has 1 atom stereocenters. The van der Waals surface area contributed by atoms with Gasteiger partial charge < -0.3 is 5.32 Å². The van der Waals surface area contributed by atoms with Gasteiger partial charge in [0.2, 0.25) is 0 Å². The van der Waals surface area contributed by atoms with Crippen LogP contribution in [0.15, 0.2) is 60.9 Å². The first kappa shape index (κ1) is 17.2. The maximum atomic E-state index is 12.6. The van der Waals surface area contributed by atoms with Crippen molar-refractivity contribution in [2.24, 2.45) is 0 Å². The smallest absolute Gasteiger partial charge is 0.251 e. The Morgan fingerprint density at radius 2 is 1.60 bits per heavy atom. The van der Waals surface area contributed by atoms with E-state index in [-0.39, 0.29) is 17.4 Å². The maximum Gasteiger partial charge on any atom is 0.251 e. The Hall–Kier alpha value is -2.68. The van der Waals surface area contributed by atoms with Crippen LogP contribution in [0.25, 0.3) is 10.8 Å². The number of carbonyl (C=O) groups is 1. The van der Waals surface area contributed by atoms with Gasteiger partial charge in [-0.3, -0.25) is 9.78 Å². The molecule has 3 aromatic rings. The van der Waals surface area contributed by atoms with Gasteiger partial charge in [0.1, 0.15) is 0 Å². The number of nitrogens with zero attached hydrogens (tertiary/aromatic N) is 1. The number of rotatable bonds is 3. The molecule has 0 fully saturated rings. The van der Waals surface area contributed by atoms with Crippen LogP contribution in [0.5, 0.6) is 0 Å². The van der Waals surface area contributed by atoms with Gasteiger partial charge in [0.15, 0.2) is 0 Å². The van der Waals surface area contributed by atoms with Crippen molar-refractivity contribution in [3.63, 3.8) is 0 Å². The van der Waals surface area contributed by atoms with Crippen LogP contribution in [0.3, 0.4) is 0 Å². The molecule has 2 aromatic carbocycles. The average Bonchev–Trinajstić information content (AvgIpc) is 2.60. The van der Waals surface area contributed by atoms with Crippen LogP contribution >= 0.6 is 0 Å². The molecule has 0 bridgehead atoms. The van der Waals surface area contributed by atoms with E-state index in [1.54, 1.807) is 12.4 Å². The maximum absolute atomic E-state index is 12.6. The van der Waals surface area contributed by atoms with Crippen molar-refractivity contribution in [1.29, 1.82) is 0 Å². The van der Waals surface area contributed by atoms with E-state index in [0.717, 1.165) is 16.3 Å². The molecule has 0 spiro atoms. The molecule has 3 heteroatoms. The lowest BCUT2D eigenvalue weighted by atomic mass is 9.86. The van der Waals surface area contributed by atoms with E-state index >= 15 is 0 Å². The molecular weight excluding hydrogens is 308 g/mol. The summed E-state index contributed by atoms with van der Waals surface area (Å²) in [5.41, 5.74) is 3.13. The van der Waals surface area contributed by atoms with Crippen LogP contribution in [0.4, 0.5) is 0 Å². The second-order valence-corrected chi connectivity index (χ2v) is 7.50. The number of benzene rings is 2. The number of fused-ring (bicyclic) bond motifs is 1. The fourth-order valence-corrected chi connectivity index (χ4v) is 2.87. The standard InChI is InChI=1S/C22H24N2O/c1-15(16-9-11-23-12-10-16)24-21(25)19-6-5-18-14-20(22(2,3)4)8-7-17(18)13-19/h5-15H,1-4H3,(H,24,25)/t15-/m1/s1. The first-order valence-electron chi connectivity index (χ1n) is 8.60. The highest BCUT2D eigenvalue weighted by Gasteiger charge is 2.15. The lowest BCUT2D eigenvalue weighted by molar-refractivity contribution is 0.0940. The van der Waals surface area contributed by atoms with E-state index in [1.807, 2.05) is 37.3 Å². The molecule has 0 unspecified atom stereocenters. The van der Waals surface area contributed by atoms with Gasteiger partial charge in [-0.05, 0) is 58.5 Å². The number of pyridine rings is 1. The minimum absolute atomic E-state index is 0.0607. The predicted octanol–water partition coefficient (Wildman–Crippen LogP) is 5.02. The molecule has 0 aliphatic carbocycles. The molecule has 3 rings (SSSR count). The third-order valence-corrected chi connectivity index (χ3v) is 4.52. The molecule has 1 aromatic heterocycles. The summed E-state index contributed by atoms with van der Waals surface area (Å²) < 4.78 is 0. The molecule has 25 heavy (non-hydrogen) atoms. The first-order valence-corrected chi connectivity index (χ1v) is 8.60. The zero-order chi connectivity index (χ0) is 18.0. The summed E-state index contributed by atoms with van der Waals surface area (Å²) in [7, 11) is 0. The predicted molar refractivity (Wildman–Crippen MR) is 103 cm³/mol. The van der Waals surface area contributed by atoms with Crippen molar-refractivity contribution < 1.29 is 4.79 Å². The van der Waals surface area contributed by atoms with Gasteiger partial charge in [0.25, 0.3) is 5.91 Å². The van der Waals surface area contributed by atoms with E-state index in [0.29, 0.717) is 5.56 Å². The highest BCUT2D eigenvalue weighted by Crippen LogP contribution is 2.26. The first-order chi connectivity index (χ1) is 11.8. The quantitative estimate of drug-likeness (QED) is 0.731. The number of aromatic nitrogens is 1. The van der Waals surface area contributed by atoms with Crippen LogP contribution in [-0.4, -0.2) is 10.9 Å². The van der Waals surface area contributed by atoms with Gasteiger partial charge in [-0.15, -0.1) is 0 Å². The van der Waals surface area contributed by atoms with Crippen molar-refractivity contribution in [3.05, 3.63) is 77.6 Å². The van der Waals surface area contributed by atoms with E-state index in [1.165, 1.54) is 5.56 Å². The summed E-state index contributed by atoms with van der Waals surface area (Å²) in [6.45, 7) is 8.59. The molecule has 3 nitrogen and oxygen atoms in total. The van der Waals surface area contributed by atoms with Gasteiger partial charge in [0.05, 0.1) is 6.04 Å². The number of hydrogen-bond donors (Lipinski definition) is 1. The Kier molecular flexibility index (Phi) is 4.58. The molecule has 128 valence electrons. The highest BCUT2D eigenvalue weighted by atomic mass is 16.1. The number of carbonyl (C=O) groups excluding carboxylic acids is 1. The van der Waals surface area contributed by atoms with Crippen molar-refractivity contribution >= 4 is 16.7 Å². The zero-order valence-corrected chi connectivity index (χ0v) is 15.2. The summed E-state index contributed by atoms with van der Waals surface area (Å²) >= 11 is 0. The molecule has 0 aliphatic heterocycles. The summed E-state index contributed by atoms with van der Waals surface area (Å²) in [4.78, 5) is 16.6. The minimum atomic E-state index is -0.0638. The van der Waals surface area contributed by atoms with Crippen LogP contribution < -0.4 is 5.32 Å². The summed E-state index contributed by atoms with van der Waals surface area (Å²) in [6, 6.07) is 16.1. The Bertz CT molecular complexity index is 895. The van der Waals surface area contributed by atoms with Gasteiger partial charge in [-0.1, -0.05) is 45.0 Å². The topological polar surface area (TPSA) is 42.0 Å². The van der Waals surface area contributed by atoms with Crippen LogP contribution in [-0.2, 0) is 5.41 Å². The molecule has 1 amide bonds. The summed E-state index contributed by atoms with van der Waals surface area (Å²) in [5, 5.41) is 5.29. The third-order valence-electron chi connectivity index (χ3n) is 4.52. The Morgan fingerprint density at radius 1 is 0.960 bits per heavy atom. The number of hydrogen-bond acceptors (Lipinski definition) is 2. The molecule has 0 saturated heterocycles. The van der Waals surface area contributed by atoms with Crippen LogP contribution in [0.2, 0.25) is 0 Å². The van der Waals surface area contributed by atoms with Gasteiger partial charge in [0, 0.05) is 18.0 Å². The Morgan fingerprint density at radius 3 is 2.28 bits per heavy atom. The molecule has 0 aliphatic rings. The lowest BCUT2D eigenvalue weighted by Crippen LogP contribution is -2.26. The number of amides is 1.